The molecule has 1 amide bonds. The van der Waals surface area contributed by atoms with Gasteiger partial charge in [-0.15, -0.1) is 0 Å². The van der Waals surface area contributed by atoms with Gasteiger partial charge in [0.2, 0.25) is 0 Å². The average Bonchev–Trinajstić information content (AvgIpc) is 3.13. The lowest BCUT2D eigenvalue weighted by atomic mass is 9.99. The zero-order valence-electron chi connectivity index (χ0n) is 15.2. The van der Waals surface area contributed by atoms with E-state index in [4.69, 9.17) is 4.98 Å². The van der Waals surface area contributed by atoms with Crippen molar-refractivity contribution in [3.63, 3.8) is 0 Å². The smallest absolute Gasteiger partial charge is 0.251 e. The molecule has 2 N–H and O–H groups in total. The molecule has 1 aliphatic rings. The Morgan fingerprint density at radius 3 is 2.68 bits per heavy atom. The SMILES string of the molecule is CNc1nc(-c2cccnc2)nc2ccc(-c3ccc4c(c3)CNC4=O)cc12. The molecular formula is C22H17N5O. The number of aromatic nitrogens is 3. The highest BCUT2D eigenvalue weighted by Gasteiger charge is 2.19. The third kappa shape index (κ3) is 2.66. The first-order chi connectivity index (χ1) is 13.7. The fourth-order valence-electron chi connectivity index (χ4n) is 3.53. The lowest BCUT2D eigenvalue weighted by Gasteiger charge is -2.10. The summed E-state index contributed by atoms with van der Waals surface area (Å²) in [6.07, 6.45) is 3.49. The van der Waals surface area contributed by atoms with E-state index in [1.165, 1.54) is 0 Å². The van der Waals surface area contributed by atoms with Crippen LogP contribution in [0, 0.1) is 0 Å². The lowest BCUT2D eigenvalue weighted by molar-refractivity contribution is 0.0966. The maximum atomic E-state index is 11.8. The van der Waals surface area contributed by atoms with Gasteiger partial charge in [0.05, 0.1) is 5.52 Å². The van der Waals surface area contributed by atoms with E-state index in [1.54, 1.807) is 12.4 Å². The van der Waals surface area contributed by atoms with Crippen molar-refractivity contribution in [1.82, 2.24) is 20.3 Å². The van der Waals surface area contributed by atoms with Crippen LogP contribution in [0.2, 0.25) is 0 Å². The number of carbonyl (C=O) groups is 1. The van der Waals surface area contributed by atoms with Crippen molar-refractivity contribution in [2.75, 3.05) is 12.4 Å². The molecule has 5 rings (SSSR count). The molecule has 28 heavy (non-hydrogen) atoms. The standard InChI is InChI=1S/C22H17N5O/c1-23-21-18-10-14(13-4-6-17-16(9-13)12-25-22(17)28)5-7-19(18)26-20(27-21)15-3-2-8-24-11-15/h2-11H,12H2,1H3,(H,25,28)(H,23,26,27). The van der Waals surface area contributed by atoms with E-state index in [9.17, 15) is 4.79 Å². The maximum Gasteiger partial charge on any atom is 0.251 e. The number of hydrogen-bond donors (Lipinski definition) is 2. The molecule has 6 heteroatoms. The Morgan fingerprint density at radius 1 is 1.00 bits per heavy atom. The van der Waals surface area contributed by atoms with Gasteiger partial charge in [-0.3, -0.25) is 9.78 Å². The summed E-state index contributed by atoms with van der Waals surface area (Å²) in [5.74, 6) is 1.40. The van der Waals surface area contributed by atoms with Crippen molar-refractivity contribution in [3.8, 4) is 22.5 Å². The molecule has 2 aromatic heterocycles. The summed E-state index contributed by atoms with van der Waals surface area (Å²) in [4.78, 5) is 25.3. The summed E-state index contributed by atoms with van der Waals surface area (Å²) in [6.45, 7) is 0.578. The number of pyridine rings is 1. The van der Waals surface area contributed by atoms with Gasteiger partial charge in [0.25, 0.3) is 5.91 Å². The maximum absolute atomic E-state index is 11.8. The topological polar surface area (TPSA) is 79.8 Å². The average molecular weight is 367 g/mol. The van der Waals surface area contributed by atoms with Gasteiger partial charge < -0.3 is 10.6 Å². The number of rotatable bonds is 3. The number of fused-ring (bicyclic) bond motifs is 2. The Kier molecular flexibility index (Phi) is 3.76. The van der Waals surface area contributed by atoms with Crippen molar-refractivity contribution in [2.45, 2.75) is 6.54 Å². The summed E-state index contributed by atoms with van der Waals surface area (Å²) in [5, 5.41) is 6.99. The molecule has 0 bridgehead atoms. The first kappa shape index (κ1) is 16.4. The molecule has 0 atom stereocenters. The summed E-state index contributed by atoms with van der Waals surface area (Å²) in [6, 6.07) is 15.9. The zero-order valence-corrected chi connectivity index (χ0v) is 15.2. The van der Waals surface area contributed by atoms with E-state index in [1.807, 2.05) is 43.4 Å². The Balaban J connectivity index is 1.63. The second kappa shape index (κ2) is 6.42. The number of anilines is 1. The van der Waals surface area contributed by atoms with E-state index in [0.29, 0.717) is 12.4 Å². The fourth-order valence-corrected chi connectivity index (χ4v) is 3.53. The molecule has 6 nitrogen and oxygen atoms in total. The van der Waals surface area contributed by atoms with Gasteiger partial charge in [0, 0.05) is 42.5 Å². The number of nitrogens with zero attached hydrogens (tertiary/aromatic N) is 3. The Labute approximate surface area is 161 Å². The molecule has 0 saturated carbocycles. The van der Waals surface area contributed by atoms with Crippen LogP contribution >= 0.6 is 0 Å². The van der Waals surface area contributed by atoms with Crippen molar-refractivity contribution in [3.05, 3.63) is 72.1 Å². The van der Waals surface area contributed by atoms with E-state index < -0.39 is 0 Å². The molecule has 0 radical (unpaired) electrons. The van der Waals surface area contributed by atoms with Crippen LogP contribution in [0.1, 0.15) is 15.9 Å². The molecule has 0 unspecified atom stereocenters. The minimum Gasteiger partial charge on any atom is -0.373 e. The molecule has 0 spiro atoms. The van der Waals surface area contributed by atoms with Gasteiger partial charge in [-0.1, -0.05) is 12.1 Å². The minimum atomic E-state index is -0.00568. The highest BCUT2D eigenvalue weighted by Crippen LogP contribution is 2.31. The van der Waals surface area contributed by atoms with Gasteiger partial charge in [-0.25, -0.2) is 9.97 Å². The van der Waals surface area contributed by atoms with Crippen molar-refractivity contribution in [1.29, 1.82) is 0 Å². The third-order valence-corrected chi connectivity index (χ3v) is 4.97. The van der Waals surface area contributed by atoms with E-state index in [2.05, 4.69) is 32.7 Å². The second-order valence-electron chi connectivity index (χ2n) is 6.67. The van der Waals surface area contributed by atoms with E-state index >= 15 is 0 Å². The predicted octanol–water partition coefficient (Wildman–Crippen LogP) is 3.64. The van der Waals surface area contributed by atoms with Crippen LogP contribution in [0.4, 0.5) is 5.82 Å². The summed E-state index contributed by atoms with van der Waals surface area (Å²) >= 11 is 0. The van der Waals surface area contributed by atoms with Gasteiger partial charge in [-0.2, -0.15) is 0 Å². The molecule has 0 saturated heterocycles. The second-order valence-corrected chi connectivity index (χ2v) is 6.67. The van der Waals surface area contributed by atoms with Crippen molar-refractivity contribution in [2.24, 2.45) is 0 Å². The number of amides is 1. The summed E-state index contributed by atoms with van der Waals surface area (Å²) < 4.78 is 0. The Morgan fingerprint density at radius 2 is 1.86 bits per heavy atom. The molecule has 0 fully saturated rings. The highest BCUT2D eigenvalue weighted by molar-refractivity contribution is 5.99. The van der Waals surface area contributed by atoms with Crippen LogP contribution in [0.3, 0.4) is 0 Å². The molecule has 2 aromatic carbocycles. The Hall–Kier alpha value is -3.80. The van der Waals surface area contributed by atoms with Crippen LogP contribution in [-0.4, -0.2) is 27.9 Å². The van der Waals surface area contributed by atoms with Gasteiger partial charge in [0.15, 0.2) is 5.82 Å². The predicted molar refractivity (Wildman–Crippen MR) is 109 cm³/mol. The number of nitrogens with one attached hydrogen (secondary N) is 2. The van der Waals surface area contributed by atoms with Crippen LogP contribution in [-0.2, 0) is 6.54 Å². The van der Waals surface area contributed by atoms with Crippen molar-refractivity contribution >= 4 is 22.6 Å². The normalized spacial score (nSPS) is 12.7. The number of carbonyl (C=O) groups excluding carboxylic acids is 1. The van der Waals surface area contributed by atoms with Crippen molar-refractivity contribution < 1.29 is 4.79 Å². The molecule has 4 aromatic rings. The van der Waals surface area contributed by atoms with Crippen LogP contribution in [0.25, 0.3) is 33.4 Å². The van der Waals surface area contributed by atoms with Crippen LogP contribution in [0.15, 0.2) is 60.9 Å². The summed E-state index contributed by atoms with van der Waals surface area (Å²) in [5.41, 5.74) is 5.64. The monoisotopic (exact) mass is 367 g/mol. The van der Waals surface area contributed by atoms with Gasteiger partial charge in [-0.05, 0) is 53.1 Å². The molecule has 136 valence electrons. The van der Waals surface area contributed by atoms with Crippen LogP contribution in [0.5, 0.6) is 0 Å². The fraction of sp³-hybridized carbons (Fsp3) is 0.0909. The van der Waals surface area contributed by atoms with Gasteiger partial charge >= 0.3 is 0 Å². The summed E-state index contributed by atoms with van der Waals surface area (Å²) in [7, 11) is 1.86. The molecular weight excluding hydrogens is 350 g/mol. The number of benzene rings is 2. The minimum absolute atomic E-state index is 0.00568. The highest BCUT2D eigenvalue weighted by atomic mass is 16.1. The first-order valence-electron chi connectivity index (χ1n) is 9.04. The van der Waals surface area contributed by atoms with E-state index in [-0.39, 0.29) is 5.91 Å². The molecule has 1 aliphatic heterocycles. The third-order valence-electron chi connectivity index (χ3n) is 4.97. The Bertz CT molecular complexity index is 1220. The first-order valence-corrected chi connectivity index (χ1v) is 9.04. The van der Waals surface area contributed by atoms with E-state index in [0.717, 1.165) is 44.5 Å². The lowest BCUT2D eigenvalue weighted by Crippen LogP contribution is -2.12. The quantitative estimate of drug-likeness (QED) is 0.578. The van der Waals surface area contributed by atoms with Gasteiger partial charge in [0.1, 0.15) is 5.82 Å². The molecule has 3 heterocycles. The molecule has 0 aliphatic carbocycles. The number of hydrogen-bond acceptors (Lipinski definition) is 5. The van der Waals surface area contributed by atoms with Crippen LogP contribution < -0.4 is 10.6 Å². The zero-order chi connectivity index (χ0) is 19.1. The largest absolute Gasteiger partial charge is 0.373 e.